The fraction of sp³-hybridized carbons (Fsp3) is 0.357. The van der Waals surface area contributed by atoms with Crippen molar-refractivity contribution in [2.75, 3.05) is 26.3 Å². The average Bonchev–Trinajstić information content (AvgIpc) is 2.77. The molecule has 5 nitrogen and oxygen atoms in total. The highest BCUT2D eigenvalue weighted by Crippen LogP contribution is 2.23. The molecule has 5 heteroatoms. The maximum absolute atomic E-state index is 11.5. The molecule has 1 saturated heterocycles. The lowest BCUT2D eigenvalue weighted by Gasteiger charge is -2.26. The fourth-order valence-electron chi connectivity index (χ4n) is 2.54. The molecule has 0 unspecified atom stereocenters. The van der Waals surface area contributed by atoms with Gasteiger partial charge in [-0.1, -0.05) is 18.2 Å². The van der Waals surface area contributed by atoms with Crippen LogP contribution in [0.5, 0.6) is 0 Å². The number of nitrogens with zero attached hydrogens (tertiary/aromatic N) is 1. The van der Waals surface area contributed by atoms with Gasteiger partial charge in [-0.05, 0) is 6.07 Å². The zero-order valence-corrected chi connectivity index (χ0v) is 10.6. The van der Waals surface area contributed by atoms with Gasteiger partial charge in [0.05, 0.1) is 18.8 Å². The van der Waals surface area contributed by atoms with Crippen LogP contribution in [0.15, 0.2) is 24.3 Å². The van der Waals surface area contributed by atoms with Crippen LogP contribution in [0.2, 0.25) is 0 Å². The van der Waals surface area contributed by atoms with E-state index >= 15 is 0 Å². The molecule has 1 aromatic heterocycles. The second-order valence-electron chi connectivity index (χ2n) is 4.72. The number of carboxylic acids is 1. The number of hydrogen-bond donors (Lipinski definition) is 2. The van der Waals surface area contributed by atoms with E-state index < -0.39 is 5.97 Å². The van der Waals surface area contributed by atoms with Crippen molar-refractivity contribution in [3.05, 3.63) is 35.5 Å². The third kappa shape index (κ3) is 2.34. The van der Waals surface area contributed by atoms with Crippen molar-refractivity contribution in [1.29, 1.82) is 0 Å². The number of morpholine rings is 1. The molecule has 0 bridgehead atoms. The number of ether oxygens (including phenoxy) is 1. The average molecular weight is 260 g/mol. The molecule has 2 N–H and O–H groups in total. The van der Waals surface area contributed by atoms with E-state index in [4.69, 9.17) is 4.74 Å². The number of carboxylic acid groups (broad SMARTS) is 1. The van der Waals surface area contributed by atoms with Gasteiger partial charge >= 0.3 is 5.97 Å². The summed E-state index contributed by atoms with van der Waals surface area (Å²) < 4.78 is 5.31. The number of aromatic nitrogens is 1. The third-order valence-corrected chi connectivity index (χ3v) is 3.48. The number of benzene rings is 1. The minimum atomic E-state index is -0.874. The van der Waals surface area contributed by atoms with E-state index in [0.717, 1.165) is 29.7 Å². The Balaban J connectivity index is 1.97. The molecule has 1 aromatic carbocycles. The highest BCUT2D eigenvalue weighted by atomic mass is 16.5. The van der Waals surface area contributed by atoms with E-state index in [0.29, 0.717) is 25.3 Å². The van der Waals surface area contributed by atoms with Crippen molar-refractivity contribution < 1.29 is 14.6 Å². The predicted molar refractivity (Wildman–Crippen MR) is 71.4 cm³/mol. The molecule has 0 spiro atoms. The third-order valence-electron chi connectivity index (χ3n) is 3.48. The summed E-state index contributed by atoms with van der Waals surface area (Å²) in [5.74, 6) is -0.874. The molecule has 0 amide bonds. The SMILES string of the molecule is O=C(O)c1c(CN2CCOCC2)[nH]c2ccccc12. The molecule has 19 heavy (non-hydrogen) atoms. The van der Waals surface area contributed by atoms with Gasteiger partial charge in [0.15, 0.2) is 0 Å². The van der Waals surface area contributed by atoms with E-state index in [1.807, 2.05) is 24.3 Å². The summed E-state index contributed by atoms with van der Waals surface area (Å²) >= 11 is 0. The maximum atomic E-state index is 11.5. The van der Waals surface area contributed by atoms with Gasteiger partial charge in [-0.25, -0.2) is 4.79 Å². The van der Waals surface area contributed by atoms with Gasteiger partial charge < -0.3 is 14.8 Å². The number of nitrogens with one attached hydrogen (secondary N) is 1. The molecule has 1 aliphatic heterocycles. The van der Waals surface area contributed by atoms with E-state index in [9.17, 15) is 9.90 Å². The van der Waals surface area contributed by atoms with Crippen LogP contribution in [0.4, 0.5) is 0 Å². The summed E-state index contributed by atoms with van der Waals surface area (Å²) in [7, 11) is 0. The molecule has 0 aliphatic carbocycles. The lowest BCUT2D eigenvalue weighted by molar-refractivity contribution is 0.0335. The van der Waals surface area contributed by atoms with Crippen molar-refractivity contribution in [3.63, 3.8) is 0 Å². The van der Waals surface area contributed by atoms with Crippen molar-refractivity contribution in [1.82, 2.24) is 9.88 Å². The second kappa shape index (κ2) is 5.03. The van der Waals surface area contributed by atoms with Gasteiger partial charge in [-0.3, -0.25) is 4.90 Å². The highest BCUT2D eigenvalue weighted by Gasteiger charge is 2.20. The Morgan fingerprint density at radius 1 is 1.32 bits per heavy atom. The standard InChI is InChI=1S/C14H16N2O3/c17-14(18)13-10-3-1-2-4-11(10)15-12(13)9-16-5-7-19-8-6-16/h1-4,15H,5-9H2,(H,17,18). The molecule has 0 atom stereocenters. The molecule has 3 rings (SSSR count). The van der Waals surface area contributed by atoms with Gasteiger partial charge in [0.2, 0.25) is 0 Å². The Labute approximate surface area is 110 Å². The quantitative estimate of drug-likeness (QED) is 0.881. The lowest BCUT2D eigenvalue weighted by Crippen LogP contribution is -2.36. The van der Waals surface area contributed by atoms with Crippen LogP contribution in [0.1, 0.15) is 16.1 Å². The van der Waals surface area contributed by atoms with E-state index in [1.165, 1.54) is 0 Å². The van der Waals surface area contributed by atoms with Crippen LogP contribution in [-0.4, -0.2) is 47.3 Å². The Kier molecular flexibility index (Phi) is 3.23. The van der Waals surface area contributed by atoms with Crippen LogP contribution < -0.4 is 0 Å². The largest absolute Gasteiger partial charge is 0.478 e. The smallest absolute Gasteiger partial charge is 0.338 e. The summed E-state index contributed by atoms with van der Waals surface area (Å²) in [5, 5.41) is 10.2. The van der Waals surface area contributed by atoms with Crippen molar-refractivity contribution >= 4 is 16.9 Å². The lowest BCUT2D eigenvalue weighted by atomic mass is 10.1. The van der Waals surface area contributed by atoms with Crippen LogP contribution >= 0.6 is 0 Å². The maximum Gasteiger partial charge on any atom is 0.338 e. The molecule has 100 valence electrons. The van der Waals surface area contributed by atoms with Gasteiger partial charge in [0, 0.05) is 36.2 Å². The Bertz CT molecular complexity index is 600. The minimum absolute atomic E-state index is 0.391. The van der Waals surface area contributed by atoms with Gasteiger partial charge in [0.25, 0.3) is 0 Å². The number of carbonyl (C=O) groups is 1. The summed E-state index contributed by atoms with van der Waals surface area (Å²) in [5.41, 5.74) is 2.04. The van der Waals surface area contributed by atoms with Crippen molar-refractivity contribution in [2.45, 2.75) is 6.54 Å². The molecule has 2 aromatic rings. The fourth-order valence-corrected chi connectivity index (χ4v) is 2.54. The zero-order valence-electron chi connectivity index (χ0n) is 10.6. The second-order valence-corrected chi connectivity index (χ2v) is 4.72. The summed E-state index contributed by atoms with van der Waals surface area (Å²) in [6.07, 6.45) is 0. The molecular formula is C14H16N2O3. The van der Waals surface area contributed by atoms with Gasteiger partial charge in [-0.2, -0.15) is 0 Å². The molecule has 1 aliphatic rings. The number of fused-ring (bicyclic) bond motifs is 1. The van der Waals surface area contributed by atoms with Crippen molar-refractivity contribution in [3.8, 4) is 0 Å². The summed E-state index contributed by atoms with van der Waals surface area (Å²) in [6, 6.07) is 7.52. The van der Waals surface area contributed by atoms with E-state index in [1.54, 1.807) is 0 Å². The Morgan fingerprint density at radius 2 is 2.05 bits per heavy atom. The first-order chi connectivity index (χ1) is 9.25. The van der Waals surface area contributed by atoms with Crippen molar-refractivity contribution in [2.24, 2.45) is 0 Å². The van der Waals surface area contributed by atoms with E-state index in [-0.39, 0.29) is 0 Å². The van der Waals surface area contributed by atoms with E-state index in [2.05, 4.69) is 9.88 Å². The van der Waals surface area contributed by atoms with Gasteiger partial charge in [0.1, 0.15) is 0 Å². The molecule has 0 saturated carbocycles. The number of hydrogen-bond acceptors (Lipinski definition) is 3. The number of H-pyrrole nitrogens is 1. The number of aromatic amines is 1. The zero-order chi connectivity index (χ0) is 13.2. The van der Waals surface area contributed by atoms with Crippen LogP contribution in [0.3, 0.4) is 0 Å². The summed E-state index contributed by atoms with van der Waals surface area (Å²) in [4.78, 5) is 16.9. The molecule has 1 fully saturated rings. The molecular weight excluding hydrogens is 244 g/mol. The van der Waals surface area contributed by atoms with Crippen LogP contribution in [0.25, 0.3) is 10.9 Å². The first kappa shape index (κ1) is 12.2. The summed E-state index contributed by atoms with van der Waals surface area (Å²) in [6.45, 7) is 3.73. The monoisotopic (exact) mass is 260 g/mol. The normalized spacial score (nSPS) is 16.8. The Hall–Kier alpha value is -1.85. The first-order valence-electron chi connectivity index (χ1n) is 6.38. The number of para-hydroxylation sites is 1. The molecule has 0 radical (unpaired) electrons. The minimum Gasteiger partial charge on any atom is -0.478 e. The predicted octanol–water partition coefficient (Wildman–Crippen LogP) is 1.70. The first-order valence-corrected chi connectivity index (χ1v) is 6.38. The number of rotatable bonds is 3. The van der Waals surface area contributed by atoms with Crippen LogP contribution in [0, 0.1) is 0 Å². The van der Waals surface area contributed by atoms with Gasteiger partial charge in [-0.15, -0.1) is 0 Å². The molecule has 2 heterocycles. The van der Waals surface area contributed by atoms with Crippen LogP contribution in [-0.2, 0) is 11.3 Å². The Morgan fingerprint density at radius 3 is 2.79 bits per heavy atom. The topological polar surface area (TPSA) is 65.6 Å². The number of aromatic carboxylic acids is 1. The highest BCUT2D eigenvalue weighted by molar-refractivity contribution is 6.04.